The average Bonchev–Trinajstić information content (AvgIpc) is 2.68. The fourth-order valence-corrected chi connectivity index (χ4v) is 4.89. The maximum absolute atomic E-state index is 12.2. The van der Waals surface area contributed by atoms with Gasteiger partial charge in [0.25, 0.3) is 0 Å². The van der Waals surface area contributed by atoms with Crippen molar-refractivity contribution in [2.75, 3.05) is 19.4 Å². The molecule has 3 rings (SSSR count). The van der Waals surface area contributed by atoms with E-state index in [9.17, 15) is 4.79 Å². The van der Waals surface area contributed by atoms with E-state index < -0.39 is 0 Å². The molecule has 0 unspecified atom stereocenters. The topological polar surface area (TPSA) is 38.3 Å². The molecule has 140 valence electrons. The Morgan fingerprint density at radius 3 is 2.81 bits per heavy atom. The summed E-state index contributed by atoms with van der Waals surface area (Å²) in [6, 6.07) is 10.5. The molecule has 1 N–H and O–H groups in total. The molecule has 2 aromatic rings. The van der Waals surface area contributed by atoms with Gasteiger partial charge in [-0.15, -0.1) is 0 Å². The van der Waals surface area contributed by atoms with Crippen LogP contribution in [0.4, 0.5) is 0 Å². The molecule has 1 saturated carbocycles. The number of rotatable bonds is 7. The van der Waals surface area contributed by atoms with Gasteiger partial charge in [0.15, 0.2) is 0 Å². The van der Waals surface area contributed by atoms with Crippen LogP contribution in [0.3, 0.4) is 0 Å². The highest BCUT2D eigenvalue weighted by Crippen LogP contribution is 2.32. The van der Waals surface area contributed by atoms with Crippen LogP contribution in [-0.2, 0) is 10.5 Å². The maximum atomic E-state index is 12.2. The molecular formula is C21H26BrNO2S. The number of thioether (sulfide) groups is 1. The summed E-state index contributed by atoms with van der Waals surface area (Å²) in [5.74, 6) is 3.21. The number of halogens is 1. The van der Waals surface area contributed by atoms with Crippen LogP contribution in [0.5, 0.6) is 5.75 Å². The molecule has 0 spiro atoms. The lowest BCUT2D eigenvalue weighted by Crippen LogP contribution is -2.33. The van der Waals surface area contributed by atoms with Crippen molar-refractivity contribution < 1.29 is 9.53 Å². The van der Waals surface area contributed by atoms with Crippen LogP contribution in [0, 0.1) is 5.92 Å². The van der Waals surface area contributed by atoms with Gasteiger partial charge in [0.2, 0.25) is 5.91 Å². The van der Waals surface area contributed by atoms with Crippen LogP contribution >= 0.6 is 27.7 Å². The zero-order chi connectivity index (χ0) is 18.4. The molecule has 1 amide bonds. The number of benzene rings is 2. The minimum Gasteiger partial charge on any atom is -0.496 e. The third kappa shape index (κ3) is 4.95. The van der Waals surface area contributed by atoms with Crippen molar-refractivity contribution in [3.05, 3.63) is 40.4 Å². The van der Waals surface area contributed by atoms with E-state index in [-0.39, 0.29) is 11.8 Å². The fourth-order valence-electron chi connectivity index (χ4n) is 3.61. The fraction of sp³-hybridized carbons (Fsp3) is 0.476. The Bertz CT molecular complexity index is 759. The molecule has 0 heterocycles. The number of carbonyl (C=O) groups excluding carboxylic acids is 1. The highest BCUT2D eigenvalue weighted by Gasteiger charge is 2.20. The number of amides is 1. The Morgan fingerprint density at radius 2 is 2.04 bits per heavy atom. The van der Waals surface area contributed by atoms with Gasteiger partial charge in [0.1, 0.15) is 5.75 Å². The van der Waals surface area contributed by atoms with E-state index in [0.717, 1.165) is 41.1 Å². The lowest BCUT2D eigenvalue weighted by Gasteiger charge is -2.20. The first-order valence-corrected chi connectivity index (χ1v) is 11.2. The van der Waals surface area contributed by atoms with Gasteiger partial charge < -0.3 is 10.1 Å². The third-order valence-corrected chi connectivity index (χ3v) is 6.52. The molecule has 1 aliphatic carbocycles. The van der Waals surface area contributed by atoms with Gasteiger partial charge in [-0.05, 0) is 41.8 Å². The molecule has 0 saturated heterocycles. The minimum atomic E-state index is 0.241. The summed E-state index contributed by atoms with van der Waals surface area (Å²) in [6.45, 7) is 0.735. The summed E-state index contributed by atoms with van der Waals surface area (Å²) in [7, 11) is 1.72. The molecular weight excluding hydrogens is 410 g/mol. The first-order chi connectivity index (χ1) is 12.7. The molecule has 0 aliphatic heterocycles. The second-order valence-electron chi connectivity index (χ2n) is 6.79. The maximum Gasteiger partial charge on any atom is 0.223 e. The zero-order valence-corrected chi connectivity index (χ0v) is 17.6. The molecule has 0 radical (unpaired) electrons. The van der Waals surface area contributed by atoms with E-state index >= 15 is 0 Å². The second-order valence-corrected chi connectivity index (χ2v) is 8.81. The number of nitrogens with one attached hydrogen (secondary N) is 1. The van der Waals surface area contributed by atoms with Gasteiger partial charge in [0.05, 0.1) is 7.11 Å². The van der Waals surface area contributed by atoms with Gasteiger partial charge in [-0.25, -0.2) is 0 Å². The Balaban J connectivity index is 1.53. The van der Waals surface area contributed by atoms with Crippen LogP contribution in [-0.4, -0.2) is 25.3 Å². The lowest BCUT2D eigenvalue weighted by molar-refractivity contribution is -0.125. The molecule has 5 heteroatoms. The van der Waals surface area contributed by atoms with E-state index in [1.807, 2.05) is 17.8 Å². The van der Waals surface area contributed by atoms with E-state index in [4.69, 9.17) is 4.74 Å². The van der Waals surface area contributed by atoms with Crippen molar-refractivity contribution in [2.45, 2.75) is 37.9 Å². The second kappa shape index (κ2) is 9.65. The van der Waals surface area contributed by atoms with E-state index in [2.05, 4.69) is 45.5 Å². The monoisotopic (exact) mass is 435 g/mol. The van der Waals surface area contributed by atoms with E-state index in [0.29, 0.717) is 0 Å². The van der Waals surface area contributed by atoms with E-state index in [1.165, 1.54) is 35.6 Å². The van der Waals surface area contributed by atoms with Crippen molar-refractivity contribution in [2.24, 2.45) is 5.92 Å². The summed E-state index contributed by atoms with van der Waals surface area (Å²) >= 11 is 5.37. The SMILES string of the molecule is COc1ccc2cc(Br)ccc2c1CSCCNC(=O)C1CCCCC1. The first-order valence-electron chi connectivity index (χ1n) is 9.29. The van der Waals surface area contributed by atoms with Crippen LogP contribution < -0.4 is 10.1 Å². The summed E-state index contributed by atoms with van der Waals surface area (Å²) in [5.41, 5.74) is 1.22. The smallest absolute Gasteiger partial charge is 0.223 e. The molecule has 0 aromatic heterocycles. The molecule has 3 nitrogen and oxygen atoms in total. The highest BCUT2D eigenvalue weighted by atomic mass is 79.9. The van der Waals surface area contributed by atoms with Crippen molar-refractivity contribution in [1.29, 1.82) is 0 Å². The lowest BCUT2D eigenvalue weighted by atomic mass is 9.89. The summed E-state index contributed by atoms with van der Waals surface area (Å²) < 4.78 is 6.65. The molecule has 26 heavy (non-hydrogen) atoms. The number of hydrogen-bond acceptors (Lipinski definition) is 3. The van der Waals surface area contributed by atoms with Gasteiger partial charge in [-0.3, -0.25) is 4.79 Å². The van der Waals surface area contributed by atoms with E-state index in [1.54, 1.807) is 7.11 Å². The Kier molecular flexibility index (Phi) is 7.26. The zero-order valence-electron chi connectivity index (χ0n) is 15.2. The van der Waals surface area contributed by atoms with Crippen LogP contribution in [0.1, 0.15) is 37.7 Å². The largest absolute Gasteiger partial charge is 0.496 e. The molecule has 2 aromatic carbocycles. The average molecular weight is 436 g/mol. The Morgan fingerprint density at radius 1 is 1.23 bits per heavy atom. The van der Waals surface area contributed by atoms with Gasteiger partial charge in [-0.1, -0.05) is 47.3 Å². The molecule has 0 bridgehead atoms. The van der Waals surface area contributed by atoms with Gasteiger partial charge >= 0.3 is 0 Å². The van der Waals surface area contributed by atoms with Crippen molar-refractivity contribution in [3.63, 3.8) is 0 Å². The Hall–Kier alpha value is -1.20. The van der Waals surface area contributed by atoms with Crippen LogP contribution in [0.15, 0.2) is 34.8 Å². The predicted molar refractivity (Wildman–Crippen MR) is 114 cm³/mol. The Labute approximate surface area is 168 Å². The normalized spacial score (nSPS) is 15.2. The van der Waals surface area contributed by atoms with Gasteiger partial charge in [0, 0.05) is 34.0 Å². The summed E-state index contributed by atoms with van der Waals surface area (Å²) in [5, 5.41) is 5.55. The van der Waals surface area contributed by atoms with Crippen molar-refractivity contribution in [1.82, 2.24) is 5.32 Å². The summed E-state index contributed by atoms with van der Waals surface area (Å²) in [4.78, 5) is 12.2. The molecule has 1 fully saturated rings. The summed E-state index contributed by atoms with van der Waals surface area (Å²) in [6.07, 6.45) is 5.79. The highest BCUT2D eigenvalue weighted by molar-refractivity contribution is 9.10. The standard InChI is InChI=1S/C21H26BrNO2S/c1-25-20-10-7-16-13-17(22)8-9-18(16)19(20)14-26-12-11-23-21(24)15-5-3-2-4-6-15/h7-10,13,15H,2-6,11-12,14H2,1H3,(H,23,24). The quantitative estimate of drug-likeness (QED) is 0.579. The number of methoxy groups -OCH3 is 1. The predicted octanol–water partition coefficient (Wildman–Crippen LogP) is 5.54. The third-order valence-electron chi connectivity index (χ3n) is 5.04. The van der Waals surface area contributed by atoms with Crippen molar-refractivity contribution in [3.8, 4) is 5.75 Å². The minimum absolute atomic E-state index is 0.241. The molecule has 1 aliphatic rings. The number of hydrogen-bond donors (Lipinski definition) is 1. The first kappa shape index (κ1) is 19.6. The molecule has 0 atom stereocenters. The van der Waals surface area contributed by atoms with Crippen molar-refractivity contribution >= 4 is 44.4 Å². The van der Waals surface area contributed by atoms with Crippen LogP contribution in [0.25, 0.3) is 10.8 Å². The van der Waals surface area contributed by atoms with Gasteiger partial charge in [-0.2, -0.15) is 11.8 Å². The number of carbonyl (C=O) groups is 1. The van der Waals surface area contributed by atoms with Crippen LogP contribution in [0.2, 0.25) is 0 Å². The number of fused-ring (bicyclic) bond motifs is 1. The number of ether oxygens (including phenoxy) is 1.